The lowest BCUT2D eigenvalue weighted by Crippen LogP contribution is -2.16. The first kappa shape index (κ1) is 22.2. The summed E-state index contributed by atoms with van der Waals surface area (Å²) in [4.78, 5) is 13.6. The van der Waals surface area contributed by atoms with Crippen LogP contribution in [-0.4, -0.2) is 14.9 Å². The van der Waals surface area contributed by atoms with Crippen LogP contribution in [0.3, 0.4) is 0 Å². The fraction of sp³-hybridized carbons (Fsp3) is 0.0455. The number of aromatic nitrogens is 2. The van der Waals surface area contributed by atoms with Crippen LogP contribution in [0.15, 0.2) is 97.9 Å². The molecule has 3 aromatic carbocycles. The Kier molecular flexibility index (Phi) is 7.10. The van der Waals surface area contributed by atoms with E-state index in [1.807, 2.05) is 72.8 Å². The average molecular weight is 505 g/mol. The first-order chi connectivity index (χ1) is 14.0. The minimum atomic E-state index is -0.401. The Morgan fingerprint density at radius 2 is 1.63 bits per heavy atom. The highest BCUT2D eigenvalue weighted by Gasteiger charge is 2.24. The van der Waals surface area contributed by atoms with E-state index in [-0.39, 0.29) is 22.5 Å². The van der Waals surface area contributed by atoms with Gasteiger partial charge in [0.15, 0.2) is 0 Å². The van der Waals surface area contributed by atoms with Crippen molar-refractivity contribution in [1.82, 2.24) is 15.9 Å². The normalized spacial score (nSPS) is 11.7. The van der Waals surface area contributed by atoms with Crippen LogP contribution in [0.1, 0.15) is 17.2 Å². The molecule has 1 aromatic heterocycles. The maximum atomic E-state index is 12.7. The van der Waals surface area contributed by atoms with Crippen LogP contribution in [0.4, 0.5) is 0 Å². The number of nitrogens with zero attached hydrogens (tertiary/aromatic N) is 1. The second-order valence-corrected chi connectivity index (χ2v) is 8.74. The molecule has 1 atom stereocenters. The average Bonchev–Trinajstić information content (AvgIpc) is 2.99. The van der Waals surface area contributed by atoms with Crippen molar-refractivity contribution in [3.63, 3.8) is 0 Å². The summed E-state index contributed by atoms with van der Waals surface area (Å²) in [6, 6.07) is 24.3. The predicted molar refractivity (Wildman–Crippen MR) is 125 cm³/mol. The minimum Gasteiger partial charge on any atom is -0.493 e. The van der Waals surface area contributed by atoms with Gasteiger partial charge in [0.2, 0.25) is 5.88 Å². The van der Waals surface area contributed by atoms with E-state index < -0.39 is 6.04 Å². The Labute approximate surface area is 191 Å². The van der Waals surface area contributed by atoms with Gasteiger partial charge in [-0.25, -0.2) is 4.68 Å². The second kappa shape index (κ2) is 9.57. The minimum absolute atomic E-state index is 0. The first-order valence-corrected chi connectivity index (χ1v) is 10.8. The van der Waals surface area contributed by atoms with Crippen molar-refractivity contribution in [3.05, 3.63) is 110 Å². The van der Waals surface area contributed by atoms with Gasteiger partial charge in [-0.2, -0.15) is 0 Å². The molecule has 0 saturated carbocycles. The third kappa shape index (κ3) is 4.49. The molecule has 0 saturated heterocycles. The molecule has 0 aliphatic carbocycles. The molecular weight excluding hydrogens is 486 g/mol. The summed E-state index contributed by atoms with van der Waals surface area (Å²) in [5.74, 6) is -0.131. The van der Waals surface area contributed by atoms with Crippen molar-refractivity contribution in [3.8, 4) is 5.88 Å². The third-order valence-electron chi connectivity index (χ3n) is 4.45. The Bertz CT molecular complexity index is 1210. The van der Waals surface area contributed by atoms with Gasteiger partial charge < -0.3 is 11.3 Å². The largest absolute Gasteiger partial charge is 0.493 e. The van der Waals surface area contributed by atoms with Crippen molar-refractivity contribution >= 4 is 39.3 Å². The molecule has 0 aliphatic heterocycles. The number of hydrogen-bond donors (Lipinski definition) is 3. The predicted octanol–water partition coefficient (Wildman–Crippen LogP) is 6.25. The van der Waals surface area contributed by atoms with E-state index in [1.165, 1.54) is 4.68 Å². The second-order valence-electron chi connectivity index (χ2n) is 6.36. The quantitative estimate of drug-likeness (QED) is 0.299. The summed E-state index contributed by atoms with van der Waals surface area (Å²) in [6.45, 7) is 0. The van der Waals surface area contributed by atoms with Crippen LogP contribution in [0.25, 0.3) is 0 Å². The molecule has 5 nitrogen and oxygen atoms in total. The van der Waals surface area contributed by atoms with Crippen molar-refractivity contribution < 1.29 is 5.11 Å². The number of aromatic amines is 1. The summed E-state index contributed by atoms with van der Waals surface area (Å²) in [5.41, 5.74) is 1.48. The Balaban J connectivity index is 0.00000256. The molecule has 8 heteroatoms. The molecule has 0 radical (unpaired) electrons. The molecule has 0 spiro atoms. The van der Waals surface area contributed by atoms with E-state index in [0.717, 1.165) is 27.4 Å². The lowest BCUT2D eigenvalue weighted by molar-refractivity contribution is 0.384. The van der Waals surface area contributed by atoms with Crippen molar-refractivity contribution in [2.24, 2.45) is 0 Å². The standard InChI is InChI=1S/C22H16BrClN2O2S.H3N/c23-16-10-6-9-15(13-16)19(14-7-2-1-3-8-14)26-22(28)20(21(27)25-26)29-18-12-5-4-11-17(18)24;/h1-13,19,28H,(H,25,27);1H3. The van der Waals surface area contributed by atoms with Crippen molar-refractivity contribution in [2.45, 2.75) is 15.8 Å². The maximum Gasteiger partial charge on any atom is 0.282 e. The van der Waals surface area contributed by atoms with Crippen molar-refractivity contribution in [1.29, 1.82) is 0 Å². The molecule has 4 rings (SSSR count). The lowest BCUT2D eigenvalue weighted by atomic mass is 9.99. The van der Waals surface area contributed by atoms with Crippen LogP contribution >= 0.6 is 39.3 Å². The van der Waals surface area contributed by atoms with Gasteiger partial charge >= 0.3 is 0 Å². The van der Waals surface area contributed by atoms with Crippen molar-refractivity contribution in [2.75, 3.05) is 0 Å². The van der Waals surface area contributed by atoms with E-state index in [1.54, 1.807) is 6.07 Å². The third-order valence-corrected chi connectivity index (χ3v) is 6.53. The Hall–Kier alpha value is -2.45. The van der Waals surface area contributed by atoms with E-state index in [9.17, 15) is 9.90 Å². The smallest absolute Gasteiger partial charge is 0.282 e. The lowest BCUT2D eigenvalue weighted by Gasteiger charge is -2.20. The fourth-order valence-electron chi connectivity index (χ4n) is 3.14. The van der Waals surface area contributed by atoms with Gasteiger partial charge in [0.1, 0.15) is 10.9 Å². The van der Waals surface area contributed by atoms with Gasteiger partial charge in [0, 0.05) is 9.37 Å². The van der Waals surface area contributed by atoms with Gasteiger partial charge in [-0.3, -0.25) is 9.89 Å². The summed E-state index contributed by atoms with van der Waals surface area (Å²) in [6.07, 6.45) is 0. The summed E-state index contributed by atoms with van der Waals surface area (Å²) < 4.78 is 2.41. The zero-order valence-corrected chi connectivity index (χ0v) is 18.9. The molecule has 0 aliphatic rings. The Morgan fingerprint density at radius 3 is 2.33 bits per heavy atom. The van der Waals surface area contributed by atoms with Crippen LogP contribution in [0.2, 0.25) is 5.02 Å². The number of nitrogens with one attached hydrogen (secondary N) is 1. The number of rotatable bonds is 5. The number of aromatic hydroxyl groups is 1. The van der Waals surface area contributed by atoms with Gasteiger partial charge in [-0.1, -0.05) is 93.9 Å². The van der Waals surface area contributed by atoms with E-state index in [2.05, 4.69) is 21.0 Å². The van der Waals surface area contributed by atoms with Crippen LogP contribution in [0, 0.1) is 0 Å². The van der Waals surface area contributed by atoms with Gasteiger partial charge in [0.25, 0.3) is 5.56 Å². The van der Waals surface area contributed by atoms with E-state index in [4.69, 9.17) is 11.6 Å². The molecule has 5 N–H and O–H groups in total. The van der Waals surface area contributed by atoms with Gasteiger partial charge in [-0.15, -0.1) is 0 Å². The van der Waals surface area contributed by atoms with E-state index >= 15 is 0 Å². The topological polar surface area (TPSA) is 93.0 Å². The van der Waals surface area contributed by atoms with Crippen LogP contribution in [0.5, 0.6) is 5.88 Å². The number of H-pyrrole nitrogens is 1. The molecule has 0 amide bonds. The molecule has 0 fully saturated rings. The number of halogens is 2. The first-order valence-electron chi connectivity index (χ1n) is 8.81. The molecule has 1 heterocycles. The number of hydrogen-bond acceptors (Lipinski definition) is 4. The zero-order chi connectivity index (χ0) is 20.4. The molecular formula is C22H19BrClN3O2S. The molecule has 30 heavy (non-hydrogen) atoms. The molecule has 154 valence electrons. The monoisotopic (exact) mass is 503 g/mol. The SMILES string of the molecule is N.O=c1[nH]n(C(c2ccccc2)c2cccc(Br)c2)c(O)c1Sc1ccccc1Cl. The fourth-order valence-corrected chi connectivity index (χ4v) is 4.67. The zero-order valence-electron chi connectivity index (χ0n) is 15.8. The highest BCUT2D eigenvalue weighted by molar-refractivity contribution is 9.10. The summed E-state index contributed by atoms with van der Waals surface area (Å²) in [7, 11) is 0. The van der Waals surface area contributed by atoms with Gasteiger partial charge in [0.05, 0.1) is 5.02 Å². The highest BCUT2D eigenvalue weighted by atomic mass is 79.9. The molecule has 4 aromatic rings. The van der Waals surface area contributed by atoms with Gasteiger partial charge in [-0.05, 0) is 35.4 Å². The highest BCUT2D eigenvalue weighted by Crippen LogP contribution is 2.38. The molecule has 1 unspecified atom stereocenters. The number of benzene rings is 3. The molecule has 0 bridgehead atoms. The Morgan fingerprint density at radius 1 is 0.967 bits per heavy atom. The maximum absolute atomic E-state index is 12.7. The summed E-state index contributed by atoms with van der Waals surface area (Å²) >= 11 is 10.9. The summed E-state index contributed by atoms with van der Waals surface area (Å²) in [5, 5.41) is 14.3. The van der Waals surface area contributed by atoms with Crippen LogP contribution < -0.4 is 11.7 Å². The van der Waals surface area contributed by atoms with E-state index in [0.29, 0.717) is 9.92 Å². The van der Waals surface area contributed by atoms with Crippen LogP contribution in [-0.2, 0) is 0 Å².